The van der Waals surface area contributed by atoms with Crippen molar-refractivity contribution in [2.24, 2.45) is 0 Å². The van der Waals surface area contributed by atoms with Gasteiger partial charge in [-0.15, -0.1) is 0 Å². The van der Waals surface area contributed by atoms with Crippen molar-refractivity contribution >= 4 is 17.2 Å². The van der Waals surface area contributed by atoms with Gasteiger partial charge in [0.25, 0.3) is 5.91 Å². The zero-order valence-electron chi connectivity index (χ0n) is 12.3. The molecule has 1 atom stereocenters. The Balaban J connectivity index is 1.82. The first-order chi connectivity index (χ1) is 11.5. The van der Waals surface area contributed by atoms with E-state index in [1.165, 1.54) is 23.7 Å². The Morgan fingerprint density at radius 3 is 2.71 bits per heavy atom. The highest BCUT2D eigenvalue weighted by molar-refractivity contribution is 7.08. The number of thiophene rings is 1. The number of furan rings is 1. The number of hydrogen-bond donors (Lipinski definition) is 2. The van der Waals surface area contributed by atoms with Crippen LogP contribution in [0.15, 0.2) is 57.8 Å². The third-order valence-electron chi connectivity index (χ3n) is 3.61. The Morgan fingerprint density at radius 1 is 1.25 bits per heavy atom. The van der Waals surface area contributed by atoms with E-state index in [0.29, 0.717) is 5.56 Å². The summed E-state index contributed by atoms with van der Waals surface area (Å²) in [7, 11) is 0. The van der Waals surface area contributed by atoms with Crippen molar-refractivity contribution in [1.82, 2.24) is 5.32 Å². The van der Waals surface area contributed by atoms with E-state index in [2.05, 4.69) is 5.32 Å². The molecule has 2 N–H and O–H groups in total. The molecular weight excluding hydrogens is 336 g/mol. The number of carbonyl (C=O) groups excluding carboxylic acids is 1. The summed E-state index contributed by atoms with van der Waals surface area (Å²) in [5.41, 5.74) is -1.04. The van der Waals surface area contributed by atoms with E-state index in [0.717, 1.165) is 12.1 Å². The van der Waals surface area contributed by atoms with Crippen molar-refractivity contribution in [3.8, 4) is 0 Å². The fourth-order valence-corrected chi connectivity index (χ4v) is 3.02. The average molecular weight is 349 g/mol. The highest BCUT2D eigenvalue weighted by Gasteiger charge is 2.35. The molecule has 0 fully saturated rings. The molecule has 0 aliphatic rings. The monoisotopic (exact) mass is 349 g/mol. The van der Waals surface area contributed by atoms with Crippen LogP contribution in [-0.2, 0) is 5.60 Å². The minimum absolute atomic E-state index is 0.0407. The third kappa shape index (κ3) is 3.08. The van der Waals surface area contributed by atoms with Gasteiger partial charge in [0.15, 0.2) is 17.2 Å². The van der Waals surface area contributed by atoms with E-state index >= 15 is 0 Å². The molecule has 4 nitrogen and oxygen atoms in total. The second-order valence-electron chi connectivity index (χ2n) is 5.16. The Hall–Kier alpha value is -2.51. The lowest BCUT2D eigenvalue weighted by Crippen LogP contribution is -2.41. The predicted molar refractivity (Wildman–Crippen MR) is 84.7 cm³/mol. The topological polar surface area (TPSA) is 62.5 Å². The van der Waals surface area contributed by atoms with Crippen molar-refractivity contribution in [2.75, 3.05) is 6.54 Å². The summed E-state index contributed by atoms with van der Waals surface area (Å²) in [5.74, 6) is -2.50. The number of aliphatic hydroxyl groups is 1. The number of hydrogen-bond acceptors (Lipinski definition) is 4. The van der Waals surface area contributed by atoms with E-state index in [1.54, 1.807) is 29.0 Å². The number of rotatable bonds is 5. The molecule has 0 bridgehead atoms. The minimum Gasteiger partial charge on any atom is -0.466 e. The number of benzene rings is 1. The van der Waals surface area contributed by atoms with Gasteiger partial charge in [0.1, 0.15) is 5.76 Å². The molecule has 1 amide bonds. The molecular formula is C17H13F2NO3S. The van der Waals surface area contributed by atoms with Gasteiger partial charge in [0, 0.05) is 11.1 Å². The molecule has 2 aromatic heterocycles. The molecule has 1 unspecified atom stereocenters. The maximum atomic E-state index is 13.2. The van der Waals surface area contributed by atoms with Gasteiger partial charge in [-0.05, 0) is 47.2 Å². The van der Waals surface area contributed by atoms with Crippen LogP contribution >= 0.6 is 11.3 Å². The molecule has 124 valence electrons. The molecule has 0 saturated carbocycles. The molecule has 24 heavy (non-hydrogen) atoms. The van der Waals surface area contributed by atoms with Gasteiger partial charge in [-0.2, -0.15) is 11.3 Å². The quantitative estimate of drug-likeness (QED) is 0.743. The largest absolute Gasteiger partial charge is 0.466 e. The maximum absolute atomic E-state index is 13.2. The van der Waals surface area contributed by atoms with Crippen LogP contribution < -0.4 is 5.32 Å². The summed E-state index contributed by atoms with van der Waals surface area (Å²) in [6.45, 7) is -0.185. The zero-order valence-corrected chi connectivity index (χ0v) is 13.1. The molecule has 0 aliphatic heterocycles. The van der Waals surface area contributed by atoms with Crippen LogP contribution in [-0.4, -0.2) is 17.6 Å². The van der Waals surface area contributed by atoms with Gasteiger partial charge >= 0.3 is 0 Å². The Labute approximate surface area is 140 Å². The van der Waals surface area contributed by atoms with Crippen LogP contribution in [0, 0.1) is 11.6 Å². The molecule has 0 radical (unpaired) electrons. The van der Waals surface area contributed by atoms with Gasteiger partial charge in [0.2, 0.25) is 0 Å². The van der Waals surface area contributed by atoms with Crippen LogP contribution in [0.3, 0.4) is 0 Å². The Morgan fingerprint density at radius 2 is 2.08 bits per heavy atom. The lowest BCUT2D eigenvalue weighted by molar-refractivity contribution is 0.0528. The van der Waals surface area contributed by atoms with E-state index in [4.69, 9.17) is 4.42 Å². The molecule has 3 aromatic rings. The fraction of sp³-hybridized carbons (Fsp3) is 0.118. The second-order valence-corrected chi connectivity index (χ2v) is 5.94. The van der Waals surface area contributed by atoms with Crippen molar-refractivity contribution < 1.29 is 23.1 Å². The summed E-state index contributed by atoms with van der Waals surface area (Å²) < 4.78 is 31.5. The van der Waals surface area contributed by atoms with Crippen LogP contribution in [0.25, 0.3) is 0 Å². The number of nitrogens with one attached hydrogen (secondary N) is 1. The molecule has 1 aromatic carbocycles. The predicted octanol–water partition coefficient (Wildman–Crippen LogP) is 3.29. The smallest absolute Gasteiger partial charge is 0.251 e. The van der Waals surface area contributed by atoms with Gasteiger partial charge in [-0.3, -0.25) is 4.79 Å². The van der Waals surface area contributed by atoms with Gasteiger partial charge in [0.05, 0.1) is 12.8 Å². The van der Waals surface area contributed by atoms with E-state index in [9.17, 15) is 18.7 Å². The van der Waals surface area contributed by atoms with Gasteiger partial charge in [-0.25, -0.2) is 8.78 Å². The summed E-state index contributed by atoms with van der Waals surface area (Å²) in [4.78, 5) is 12.2. The summed E-state index contributed by atoms with van der Waals surface area (Å²) in [6.07, 6.45) is 1.42. The Kier molecular flexibility index (Phi) is 4.46. The van der Waals surface area contributed by atoms with Crippen molar-refractivity contribution in [3.05, 3.63) is 81.9 Å². The third-order valence-corrected chi connectivity index (χ3v) is 4.30. The molecule has 0 saturated heterocycles. The van der Waals surface area contributed by atoms with Crippen molar-refractivity contribution in [1.29, 1.82) is 0 Å². The number of amides is 1. The zero-order chi connectivity index (χ0) is 17.2. The standard InChI is InChI=1S/C17H13F2NO3S/c18-13-4-3-11(8-14(13)19)16(21)20-10-17(22,12-5-7-24-9-12)15-2-1-6-23-15/h1-9,22H,10H2,(H,20,21). The van der Waals surface area contributed by atoms with Crippen LogP contribution in [0.5, 0.6) is 0 Å². The molecule has 0 aliphatic carbocycles. The lowest BCUT2D eigenvalue weighted by atomic mass is 9.93. The fourth-order valence-electron chi connectivity index (χ4n) is 2.29. The van der Waals surface area contributed by atoms with E-state index < -0.39 is 23.1 Å². The summed E-state index contributed by atoms with van der Waals surface area (Å²) >= 11 is 1.39. The van der Waals surface area contributed by atoms with Gasteiger partial charge in [-0.1, -0.05) is 0 Å². The van der Waals surface area contributed by atoms with E-state index in [-0.39, 0.29) is 17.9 Å². The number of halogens is 2. The minimum atomic E-state index is -1.56. The first-order valence-corrected chi connectivity index (χ1v) is 7.97. The Bertz CT molecular complexity index is 797. The average Bonchev–Trinajstić information content (AvgIpc) is 3.28. The van der Waals surface area contributed by atoms with E-state index in [1.807, 2.05) is 0 Å². The normalized spacial score (nSPS) is 13.5. The highest BCUT2D eigenvalue weighted by Crippen LogP contribution is 2.31. The van der Waals surface area contributed by atoms with Crippen LogP contribution in [0.2, 0.25) is 0 Å². The van der Waals surface area contributed by atoms with Crippen molar-refractivity contribution in [2.45, 2.75) is 5.60 Å². The van der Waals surface area contributed by atoms with Crippen LogP contribution in [0.1, 0.15) is 21.7 Å². The molecule has 3 rings (SSSR count). The van der Waals surface area contributed by atoms with Crippen LogP contribution in [0.4, 0.5) is 8.78 Å². The SMILES string of the molecule is O=C(NCC(O)(c1ccsc1)c1ccco1)c1ccc(F)c(F)c1. The highest BCUT2D eigenvalue weighted by atomic mass is 32.1. The molecule has 7 heteroatoms. The first kappa shape index (κ1) is 16.4. The summed E-state index contributed by atoms with van der Waals surface area (Å²) in [6, 6.07) is 7.80. The first-order valence-electron chi connectivity index (χ1n) is 7.03. The van der Waals surface area contributed by atoms with Gasteiger partial charge < -0.3 is 14.8 Å². The second kappa shape index (κ2) is 6.54. The maximum Gasteiger partial charge on any atom is 0.251 e. The molecule has 0 spiro atoms. The lowest BCUT2D eigenvalue weighted by Gasteiger charge is -2.25. The van der Waals surface area contributed by atoms with Crippen molar-refractivity contribution in [3.63, 3.8) is 0 Å². The summed E-state index contributed by atoms with van der Waals surface area (Å²) in [5, 5.41) is 17.1. The molecule has 2 heterocycles. The number of carbonyl (C=O) groups is 1.